The lowest BCUT2D eigenvalue weighted by atomic mass is 9.99. The van der Waals surface area contributed by atoms with Crippen LogP contribution in [0.3, 0.4) is 0 Å². The van der Waals surface area contributed by atoms with E-state index < -0.39 is 0 Å². The van der Waals surface area contributed by atoms with E-state index in [2.05, 4.69) is 31.1 Å². The van der Waals surface area contributed by atoms with Crippen LogP contribution < -0.4 is 5.32 Å². The van der Waals surface area contributed by atoms with Crippen molar-refractivity contribution in [3.63, 3.8) is 0 Å². The molecule has 0 amide bonds. The number of thioether (sulfide) groups is 1. The summed E-state index contributed by atoms with van der Waals surface area (Å²) in [6.07, 6.45) is 4.91. The smallest absolute Gasteiger partial charge is 0.157 e. The molecule has 3 atom stereocenters. The predicted molar refractivity (Wildman–Crippen MR) is 76.8 cm³/mol. The molecule has 2 rings (SSSR count). The van der Waals surface area contributed by atoms with Gasteiger partial charge in [-0.3, -0.25) is 4.99 Å². The van der Waals surface area contributed by atoms with Gasteiger partial charge in [0.1, 0.15) is 0 Å². The highest BCUT2D eigenvalue weighted by Gasteiger charge is 2.24. The molecule has 3 unspecified atom stereocenters. The first kappa shape index (κ1) is 13.2. The monoisotopic (exact) mass is 255 g/mol. The highest BCUT2D eigenvalue weighted by atomic mass is 32.2. The molecular formula is C13H25N3S. The van der Waals surface area contributed by atoms with Gasteiger partial charge < -0.3 is 10.2 Å². The Balaban J connectivity index is 1.86. The number of nitrogens with one attached hydrogen (secondary N) is 1. The maximum Gasteiger partial charge on any atom is 0.157 e. The van der Waals surface area contributed by atoms with Gasteiger partial charge in [0.05, 0.1) is 6.04 Å². The number of aliphatic imine (C=N–C) groups is 1. The van der Waals surface area contributed by atoms with E-state index in [1.807, 2.05) is 11.8 Å². The fourth-order valence-corrected chi connectivity index (χ4v) is 3.59. The van der Waals surface area contributed by atoms with Crippen molar-refractivity contribution in [2.45, 2.75) is 57.7 Å². The van der Waals surface area contributed by atoms with Crippen molar-refractivity contribution in [1.82, 2.24) is 10.2 Å². The molecular weight excluding hydrogens is 230 g/mol. The Hall–Kier alpha value is -0.220. The molecule has 1 N–H and O–H groups in total. The van der Waals surface area contributed by atoms with Gasteiger partial charge in [-0.05, 0) is 39.7 Å². The van der Waals surface area contributed by atoms with E-state index in [4.69, 9.17) is 4.99 Å². The number of hydrogen-bond acceptors (Lipinski definition) is 4. The van der Waals surface area contributed by atoms with E-state index >= 15 is 0 Å². The maximum absolute atomic E-state index is 4.79. The molecule has 0 bridgehead atoms. The number of amidine groups is 1. The number of likely N-dealkylation sites (tertiary alicyclic amines) is 1. The van der Waals surface area contributed by atoms with E-state index in [0.717, 1.165) is 0 Å². The molecule has 0 aromatic carbocycles. The summed E-state index contributed by atoms with van der Waals surface area (Å²) < 4.78 is 0. The van der Waals surface area contributed by atoms with Crippen LogP contribution in [0.2, 0.25) is 0 Å². The van der Waals surface area contributed by atoms with Crippen molar-refractivity contribution >= 4 is 16.9 Å². The lowest BCUT2D eigenvalue weighted by Crippen LogP contribution is -2.47. The summed E-state index contributed by atoms with van der Waals surface area (Å²) in [5.74, 6) is 1.23. The minimum Gasteiger partial charge on any atom is -0.362 e. The lowest BCUT2D eigenvalue weighted by Gasteiger charge is -2.36. The molecule has 2 heterocycles. The Morgan fingerprint density at radius 1 is 1.47 bits per heavy atom. The molecule has 2 aliphatic heterocycles. The van der Waals surface area contributed by atoms with Crippen molar-refractivity contribution in [2.24, 2.45) is 4.99 Å². The molecule has 0 radical (unpaired) electrons. The summed E-state index contributed by atoms with van der Waals surface area (Å²) in [7, 11) is 2.22. The van der Waals surface area contributed by atoms with Gasteiger partial charge in [-0.25, -0.2) is 0 Å². The summed E-state index contributed by atoms with van der Waals surface area (Å²) in [6, 6.07) is 1.88. The largest absolute Gasteiger partial charge is 0.362 e. The van der Waals surface area contributed by atoms with Crippen molar-refractivity contribution < 1.29 is 0 Å². The summed E-state index contributed by atoms with van der Waals surface area (Å²) in [6.45, 7) is 5.76. The molecule has 3 nitrogen and oxygen atoms in total. The summed E-state index contributed by atoms with van der Waals surface area (Å²) in [5.41, 5.74) is 0. The van der Waals surface area contributed by atoms with Gasteiger partial charge in [-0.1, -0.05) is 18.7 Å². The van der Waals surface area contributed by atoms with Crippen molar-refractivity contribution in [1.29, 1.82) is 0 Å². The van der Waals surface area contributed by atoms with E-state index in [1.165, 1.54) is 43.1 Å². The second-order valence-electron chi connectivity index (χ2n) is 5.33. The van der Waals surface area contributed by atoms with Crippen LogP contribution in [-0.4, -0.2) is 47.5 Å². The Bertz CT molecular complexity index is 280. The summed E-state index contributed by atoms with van der Waals surface area (Å²) in [5, 5.41) is 4.86. The van der Waals surface area contributed by atoms with Crippen LogP contribution in [0.25, 0.3) is 0 Å². The molecule has 4 heteroatoms. The van der Waals surface area contributed by atoms with Gasteiger partial charge in [0.2, 0.25) is 0 Å². The third-order valence-electron chi connectivity index (χ3n) is 4.00. The molecule has 17 heavy (non-hydrogen) atoms. The first-order valence-electron chi connectivity index (χ1n) is 6.86. The zero-order valence-electron chi connectivity index (χ0n) is 11.3. The predicted octanol–water partition coefficient (Wildman–Crippen LogP) is 2.33. The molecule has 0 saturated carbocycles. The van der Waals surface area contributed by atoms with Crippen LogP contribution in [0.1, 0.15) is 39.5 Å². The van der Waals surface area contributed by atoms with Crippen LogP contribution >= 0.6 is 11.8 Å². The molecule has 0 aromatic heterocycles. The fraction of sp³-hybridized carbons (Fsp3) is 0.923. The van der Waals surface area contributed by atoms with Crippen molar-refractivity contribution in [2.75, 3.05) is 19.3 Å². The maximum atomic E-state index is 4.79. The molecule has 1 saturated heterocycles. The second kappa shape index (κ2) is 6.10. The summed E-state index contributed by atoms with van der Waals surface area (Å²) in [4.78, 5) is 7.24. The van der Waals surface area contributed by atoms with Crippen LogP contribution in [0.5, 0.6) is 0 Å². The van der Waals surface area contributed by atoms with Crippen molar-refractivity contribution in [3.05, 3.63) is 0 Å². The first-order chi connectivity index (χ1) is 8.19. The SMILES string of the molecule is CCC1CCSC(NC2CCN(C)C(C)C2)=N1. The third kappa shape index (κ3) is 3.62. The molecule has 98 valence electrons. The van der Waals surface area contributed by atoms with Gasteiger partial charge >= 0.3 is 0 Å². The summed E-state index contributed by atoms with van der Waals surface area (Å²) >= 11 is 1.90. The average molecular weight is 255 g/mol. The standard InChI is InChI=1S/C13H25N3S/c1-4-11-6-8-17-13(14-11)15-12-5-7-16(3)10(2)9-12/h10-12H,4-9H2,1-3H3,(H,14,15). The highest BCUT2D eigenvalue weighted by Crippen LogP contribution is 2.21. The zero-order valence-corrected chi connectivity index (χ0v) is 12.1. The van der Waals surface area contributed by atoms with Crippen LogP contribution in [0, 0.1) is 0 Å². The molecule has 0 spiro atoms. The zero-order chi connectivity index (χ0) is 12.3. The lowest BCUT2D eigenvalue weighted by molar-refractivity contribution is 0.177. The van der Waals surface area contributed by atoms with E-state index in [9.17, 15) is 0 Å². The average Bonchev–Trinajstić information content (AvgIpc) is 2.34. The Kier molecular flexibility index (Phi) is 4.74. The molecule has 0 aliphatic carbocycles. The number of rotatable bonds is 2. The first-order valence-corrected chi connectivity index (χ1v) is 7.85. The topological polar surface area (TPSA) is 27.6 Å². The second-order valence-corrected chi connectivity index (χ2v) is 6.41. The molecule has 1 fully saturated rings. The number of piperidine rings is 1. The normalized spacial score (nSPS) is 35.5. The fourth-order valence-electron chi connectivity index (χ4n) is 2.53. The van der Waals surface area contributed by atoms with E-state index in [1.54, 1.807) is 0 Å². The van der Waals surface area contributed by atoms with Gasteiger partial charge in [0.25, 0.3) is 0 Å². The van der Waals surface area contributed by atoms with Gasteiger partial charge in [0.15, 0.2) is 5.17 Å². The van der Waals surface area contributed by atoms with E-state index in [-0.39, 0.29) is 0 Å². The third-order valence-corrected chi connectivity index (χ3v) is 4.93. The van der Waals surface area contributed by atoms with Crippen LogP contribution in [0.15, 0.2) is 4.99 Å². The van der Waals surface area contributed by atoms with Crippen molar-refractivity contribution in [3.8, 4) is 0 Å². The number of hydrogen-bond donors (Lipinski definition) is 1. The van der Waals surface area contributed by atoms with Crippen LogP contribution in [-0.2, 0) is 0 Å². The quantitative estimate of drug-likeness (QED) is 0.821. The molecule has 2 aliphatic rings. The Labute approximate surface area is 109 Å². The van der Waals surface area contributed by atoms with Gasteiger partial charge in [-0.15, -0.1) is 0 Å². The van der Waals surface area contributed by atoms with Gasteiger partial charge in [0, 0.05) is 24.4 Å². The number of nitrogens with zero attached hydrogens (tertiary/aromatic N) is 2. The minimum absolute atomic E-state index is 0.558. The van der Waals surface area contributed by atoms with Crippen LogP contribution in [0.4, 0.5) is 0 Å². The minimum atomic E-state index is 0.558. The Morgan fingerprint density at radius 2 is 2.29 bits per heavy atom. The Morgan fingerprint density at radius 3 is 3.00 bits per heavy atom. The molecule has 0 aromatic rings. The van der Waals surface area contributed by atoms with E-state index in [0.29, 0.717) is 18.1 Å². The van der Waals surface area contributed by atoms with Gasteiger partial charge in [-0.2, -0.15) is 0 Å². The highest BCUT2D eigenvalue weighted by molar-refractivity contribution is 8.13.